The highest BCUT2D eigenvalue weighted by molar-refractivity contribution is 6.30. The molecule has 0 saturated carbocycles. The van der Waals surface area contributed by atoms with Crippen LogP contribution in [-0.2, 0) is 4.79 Å². The fraction of sp³-hybridized carbons (Fsp3) is 0.333. The third-order valence-corrected chi connectivity index (χ3v) is 2.08. The van der Waals surface area contributed by atoms with Gasteiger partial charge in [-0.05, 0) is 13.0 Å². The Morgan fingerprint density at radius 1 is 1.67 bits per heavy atom. The molecule has 1 unspecified atom stereocenters. The van der Waals surface area contributed by atoms with Gasteiger partial charge in [-0.3, -0.25) is 4.79 Å². The second-order valence-electron chi connectivity index (χ2n) is 3.07. The Hall–Kier alpha value is -1.49. The van der Waals surface area contributed by atoms with Gasteiger partial charge in [0.1, 0.15) is 11.9 Å². The molecule has 0 spiro atoms. The van der Waals surface area contributed by atoms with Crippen molar-refractivity contribution >= 4 is 29.0 Å². The Morgan fingerprint density at radius 2 is 2.33 bits per heavy atom. The first-order chi connectivity index (χ1) is 7.04. The van der Waals surface area contributed by atoms with E-state index >= 15 is 0 Å². The molecule has 0 aromatic carbocycles. The van der Waals surface area contributed by atoms with Crippen molar-refractivity contribution in [3.05, 3.63) is 17.3 Å². The van der Waals surface area contributed by atoms with Crippen molar-refractivity contribution < 1.29 is 4.79 Å². The molecule has 1 amide bonds. The van der Waals surface area contributed by atoms with Crippen LogP contribution in [-0.4, -0.2) is 24.0 Å². The Balaban J connectivity index is 2.76. The number of nitrogen functional groups attached to an aromatic ring is 1. The SMILES string of the molecule is CNC(=O)C(C)Nc1ncc(Cl)cc1N. The number of halogens is 1. The zero-order chi connectivity index (χ0) is 11.4. The predicted octanol–water partition coefficient (Wildman–Crippen LogP) is 0.864. The van der Waals surface area contributed by atoms with E-state index in [2.05, 4.69) is 15.6 Å². The normalized spacial score (nSPS) is 11.9. The van der Waals surface area contributed by atoms with Crippen LogP contribution in [0.4, 0.5) is 11.5 Å². The van der Waals surface area contributed by atoms with Crippen LogP contribution in [0.5, 0.6) is 0 Å². The molecule has 0 saturated heterocycles. The molecule has 15 heavy (non-hydrogen) atoms. The zero-order valence-corrected chi connectivity index (χ0v) is 9.30. The van der Waals surface area contributed by atoms with Gasteiger partial charge >= 0.3 is 0 Å². The van der Waals surface area contributed by atoms with Crippen molar-refractivity contribution in [1.29, 1.82) is 0 Å². The minimum atomic E-state index is -0.397. The average Bonchev–Trinajstić information content (AvgIpc) is 2.20. The van der Waals surface area contributed by atoms with Gasteiger partial charge in [0.25, 0.3) is 0 Å². The smallest absolute Gasteiger partial charge is 0.241 e. The van der Waals surface area contributed by atoms with Crippen molar-refractivity contribution in [3.63, 3.8) is 0 Å². The summed E-state index contributed by atoms with van der Waals surface area (Å²) in [5.41, 5.74) is 6.09. The molecule has 0 radical (unpaired) electrons. The first kappa shape index (κ1) is 11.6. The minimum absolute atomic E-state index is 0.133. The van der Waals surface area contributed by atoms with E-state index in [0.29, 0.717) is 16.5 Å². The molecule has 1 rings (SSSR count). The van der Waals surface area contributed by atoms with Crippen LogP contribution in [0.1, 0.15) is 6.92 Å². The lowest BCUT2D eigenvalue weighted by Gasteiger charge is -2.14. The maximum atomic E-state index is 11.2. The summed E-state index contributed by atoms with van der Waals surface area (Å²) in [4.78, 5) is 15.2. The lowest BCUT2D eigenvalue weighted by molar-refractivity contribution is -0.121. The molecule has 1 heterocycles. The summed E-state index contributed by atoms with van der Waals surface area (Å²) in [5, 5.41) is 5.86. The van der Waals surface area contributed by atoms with E-state index in [1.807, 2.05) is 0 Å². The first-order valence-electron chi connectivity index (χ1n) is 4.43. The topological polar surface area (TPSA) is 80.0 Å². The first-order valence-corrected chi connectivity index (χ1v) is 4.81. The summed E-state index contributed by atoms with van der Waals surface area (Å²) < 4.78 is 0. The van der Waals surface area contributed by atoms with E-state index in [1.165, 1.54) is 6.20 Å². The molecule has 1 aromatic heterocycles. The van der Waals surface area contributed by atoms with Gasteiger partial charge in [-0.1, -0.05) is 11.6 Å². The summed E-state index contributed by atoms with van der Waals surface area (Å²) in [6.07, 6.45) is 1.47. The van der Waals surface area contributed by atoms with Gasteiger partial charge in [0.05, 0.1) is 10.7 Å². The number of nitrogens with two attached hydrogens (primary N) is 1. The van der Waals surface area contributed by atoms with Gasteiger partial charge in [-0.15, -0.1) is 0 Å². The lowest BCUT2D eigenvalue weighted by Crippen LogP contribution is -2.35. The molecule has 0 aliphatic carbocycles. The molecule has 4 N–H and O–H groups in total. The van der Waals surface area contributed by atoms with Crippen LogP contribution in [0.25, 0.3) is 0 Å². The molecular weight excluding hydrogens is 216 g/mol. The number of aromatic nitrogens is 1. The number of rotatable bonds is 3. The third kappa shape index (κ3) is 2.99. The quantitative estimate of drug-likeness (QED) is 0.717. The summed E-state index contributed by atoms with van der Waals surface area (Å²) >= 11 is 5.69. The van der Waals surface area contributed by atoms with E-state index in [9.17, 15) is 4.79 Å². The molecule has 0 aliphatic heterocycles. The standard InChI is InChI=1S/C9H13ClN4O/c1-5(9(15)12-2)14-8-7(11)3-6(10)4-13-8/h3-5H,11H2,1-2H3,(H,12,15)(H,13,14). The molecule has 5 nitrogen and oxygen atoms in total. The Labute approximate surface area is 93.0 Å². The highest BCUT2D eigenvalue weighted by Crippen LogP contribution is 2.19. The number of anilines is 2. The predicted molar refractivity (Wildman–Crippen MR) is 60.8 cm³/mol. The number of carbonyl (C=O) groups is 1. The van der Waals surface area contributed by atoms with Crippen LogP contribution in [0.3, 0.4) is 0 Å². The van der Waals surface area contributed by atoms with Gasteiger partial charge in [0, 0.05) is 13.2 Å². The van der Waals surface area contributed by atoms with Gasteiger partial charge in [0.2, 0.25) is 5.91 Å². The number of hydrogen-bond donors (Lipinski definition) is 3. The number of nitrogens with one attached hydrogen (secondary N) is 2. The average molecular weight is 229 g/mol. The Bertz CT molecular complexity index is 369. The van der Waals surface area contributed by atoms with Crippen LogP contribution >= 0.6 is 11.6 Å². The minimum Gasteiger partial charge on any atom is -0.396 e. The summed E-state index contributed by atoms with van der Waals surface area (Å²) in [6.45, 7) is 1.72. The van der Waals surface area contributed by atoms with Crippen LogP contribution in [0.15, 0.2) is 12.3 Å². The van der Waals surface area contributed by atoms with Crippen LogP contribution in [0, 0.1) is 0 Å². The molecule has 0 bridgehead atoms. The number of carbonyl (C=O) groups excluding carboxylic acids is 1. The van der Waals surface area contributed by atoms with Gasteiger partial charge in [-0.2, -0.15) is 0 Å². The summed E-state index contributed by atoms with van der Waals surface area (Å²) in [6, 6.07) is 1.18. The third-order valence-electron chi connectivity index (χ3n) is 1.88. The summed E-state index contributed by atoms with van der Waals surface area (Å²) in [5.74, 6) is 0.321. The number of pyridine rings is 1. The number of nitrogens with zero attached hydrogens (tertiary/aromatic N) is 1. The van der Waals surface area contributed by atoms with Gasteiger partial charge in [-0.25, -0.2) is 4.98 Å². The van der Waals surface area contributed by atoms with E-state index < -0.39 is 6.04 Å². The van der Waals surface area contributed by atoms with E-state index in [4.69, 9.17) is 17.3 Å². The molecule has 6 heteroatoms. The van der Waals surface area contributed by atoms with Crippen molar-refractivity contribution in [1.82, 2.24) is 10.3 Å². The highest BCUT2D eigenvalue weighted by Gasteiger charge is 2.12. The number of amides is 1. The van der Waals surface area contributed by atoms with Crippen molar-refractivity contribution in [2.75, 3.05) is 18.1 Å². The highest BCUT2D eigenvalue weighted by atomic mass is 35.5. The fourth-order valence-electron chi connectivity index (χ4n) is 1.06. The van der Waals surface area contributed by atoms with Crippen molar-refractivity contribution in [2.45, 2.75) is 13.0 Å². The van der Waals surface area contributed by atoms with Crippen molar-refractivity contribution in [2.24, 2.45) is 0 Å². The number of likely N-dealkylation sites (N-methyl/N-ethyl adjacent to an activating group) is 1. The Morgan fingerprint density at radius 3 is 2.87 bits per heavy atom. The van der Waals surface area contributed by atoms with Crippen molar-refractivity contribution in [3.8, 4) is 0 Å². The van der Waals surface area contributed by atoms with E-state index in [1.54, 1.807) is 20.0 Å². The van der Waals surface area contributed by atoms with Gasteiger partial charge < -0.3 is 16.4 Å². The maximum Gasteiger partial charge on any atom is 0.241 e. The Kier molecular flexibility index (Phi) is 3.74. The van der Waals surface area contributed by atoms with Crippen LogP contribution in [0.2, 0.25) is 5.02 Å². The molecule has 1 atom stereocenters. The largest absolute Gasteiger partial charge is 0.396 e. The fourth-order valence-corrected chi connectivity index (χ4v) is 1.23. The van der Waals surface area contributed by atoms with E-state index in [0.717, 1.165) is 0 Å². The lowest BCUT2D eigenvalue weighted by atomic mass is 10.3. The molecule has 1 aromatic rings. The molecule has 0 fully saturated rings. The summed E-state index contributed by atoms with van der Waals surface area (Å²) in [7, 11) is 1.57. The molecule has 0 aliphatic rings. The maximum absolute atomic E-state index is 11.2. The van der Waals surface area contributed by atoms with Crippen LogP contribution < -0.4 is 16.4 Å². The second-order valence-corrected chi connectivity index (χ2v) is 3.51. The monoisotopic (exact) mass is 228 g/mol. The zero-order valence-electron chi connectivity index (χ0n) is 8.54. The molecular formula is C9H13ClN4O. The molecule has 82 valence electrons. The van der Waals surface area contributed by atoms with E-state index in [-0.39, 0.29) is 5.91 Å². The van der Waals surface area contributed by atoms with Gasteiger partial charge in [0.15, 0.2) is 0 Å². The number of hydrogen-bond acceptors (Lipinski definition) is 4. The second kappa shape index (κ2) is 4.84.